The maximum atomic E-state index is 3.78. The number of rotatable bonds is 7. The van der Waals surface area contributed by atoms with Gasteiger partial charge in [0, 0.05) is 36.7 Å². The Morgan fingerprint density at radius 2 is 2.05 bits per heavy atom. The van der Waals surface area contributed by atoms with E-state index in [4.69, 9.17) is 0 Å². The fourth-order valence-corrected chi connectivity index (χ4v) is 5.54. The lowest BCUT2D eigenvalue weighted by Crippen LogP contribution is -2.48. The molecule has 0 aromatic carbocycles. The Bertz CT molecular complexity index is 284. The Morgan fingerprint density at radius 3 is 2.76 bits per heavy atom. The summed E-state index contributed by atoms with van der Waals surface area (Å²) < 4.78 is 0. The van der Waals surface area contributed by atoms with Gasteiger partial charge in [-0.15, -0.1) is 0 Å². The molecule has 21 heavy (non-hydrogen) atoms. The van der Waals surface area contributed by atoms with Crippen LogP contribution in [-0.4, -0.2) is 48.1 Å². The van der Waals surface area contributed by atoms with E-state index in [9.17, 15) is 0 Å². The summed E-state index contributed by atoms with van der Waals surface area (Å²) in [7, 11) is 0. The first kappa shape index (κ1) is 17.6. The van der Waals surface area contributed by atoms with Crippen LogP contribution in [0.5, 0.6) is 0 Å². The molecule has 2 rings (SSSR count). The average Bonchev–Trinajstić information content (AvgIpc) is 2.50. The molecule has 0 radical (unpaired) electrons. The van der Waals surface area contributed by atoms with Crippen LogP contribution in [0.25, 0.3) is 0 Å². The van der Waals surface area contributed by atoms with Crippen LogP contribution in [0.4, 0.5) is 0 Å². The molecule has 3 heteroatoms. The summed E-state index contributed by atoms with van der Waals surface area (Å²) >= 11 is 2.19. The lowest BCUT2D eigenvalue weighted by molar-refractivity contribution is 0.138. The Hall–Kier alpha value is 0.270. The molecule has 1 saturated heterocycles. The highest BCUT2D eigenvalue weighted by molar-refractivity contribution is 8.00. The monoisotopic (exact) mass is 312 g/mol. The standard InChI is InChI=1S/C18H36N2S/c1-4-7-15-8-9-18(19-6-3)16(12-15)13-20-10-11-21-17(5-2)14-20/h15-19H,4-14H2,1-3H3. The molecule has 4 unspecified atom stereocenters. The van der Waals surface area contributed by atoms with Gasteiger partial charge in [-0.3, -0.25) is 0 Å². The predicted octanol–water partition coefficient (Wildman–Crippen LogP) is 4.01. The number of hydrogen-bond acceptors (Lipinski definition) is 3. The van der Waals surface area contributed by atoms with E-state index in [1.54, 1.807) is 0 Å². The van der Waals surface area contributed by atoms with E-state index in [-0.39, 0.29) is 0 Å². The normalized spacial score (nSPS) is 35.0. The summed E-state index contributed by atoms with van der Waals surface area (Å²) in [6.45, 7) is 12.1. The minimum atomic E-state index is 0.776. The van der Waals surface area contributed by atoms with Crippen molar-refractivity contribution in [1.29, 1.82) is 0 Å². The molecule has 2 aliphatic rings. The molecule has 1 N–H and O–H groups in total. The molecular weight excluding hydrogens is 276 g/mol. The Kier molecular flexibility index (Phi) is 7.90. The maximum absolute atomic E-state index is 3.78. The van der Waals surface area contributed by atoms with E-state index in [2.05, 4.69) is 42.7 Å². The van der Waals surface area contributed by atoms with Crippen molar-refractivity contribution in [2.75, 3.05) is 31.9 Å². The van der Waals surface area contributed by atoms with E-state index < -0.39 is 0 Å². The lowest BCUT2D eigenvalue weighted by atomic mass is 9.76. The van der Waals surface area contributed by atoms with E-state index in [0.717, 1.165) is 29.7 Å². The summed E-state index contributed by atoms with van der Waals surface area (Å²) in [4.78, 5) is 2.77. The fraction of sp³-hybridized carbons (Fsp3) is 1.00. The second-order valence-electron chi connectivity index (χ2n) is 7.05. The Labute approximate surface area is 136 Å². The van der Waals surface area contributed by atoms with Crippen molar-refractivity contribution in [3.05, 3.63) is 0 Å². The molecule has 1 aliphatic carbocycles. The largest absolute Gasteiger partial charge is 0.314 e. The van der Waals surface area contributed by atoms with Crippen LogP contribution in [0.1, 0.15) is 59.3 Å². The van der Waals surface area contributed by atoms with Crippen LogP contribution in [0.2, 0.25) is 0 Å². The van der Waals surface area contributed by atoms with Crippen molar-refractivity contribution in [2.24, 2.45) is 11.8 Å². The van der Waals surface area contributed by atoms with Gasteiger partial charge in [-0.25, -0.2) is 0 Å². The molecule has 1 aliphatic heterocycles. The summed E-state index contributed by atoms with van der Waals surface area (Å²) in [5.41, 5.74) is 0. The van der Waals surface area contributed by atoms with Gasteiger partial charge < -0.3 is 10.2 Å². The molecule has 1 heterocycles. The van der Waals surface area contributed by atoms with E-state index in [1.165, 1.54) is 63.9 Å². The second kappa shape index (κ2) is 9.42. The van der Waals surface area contributed by atoms with Gasteiger partial charge in [-0.2, -0.15) is 11.8 Å². The molecule has 0 aromatic heterocycles. The van der Waals surface area contributed by atoms with Gasteiger partial charge in [-0.1, -0.05) is 33.6 Å². The van der Waals surface area contributed by atoms with Crippen molar-refractivity contribution in [3.8, 4) is 0 Å². The summed E-state index contributed by atoms with van der Waals surface area (Å²) in [6, 6.07) is 0.776. The van der Waals surface area contributed by atoms with Crippen molar-refractivity contribution in [1.82, 2.24) is 10.2 Å². The van der Waals surface area contributed by atoms with Crippen LogP contribution in [-0.2, 0) is 0 Å². The van der Waals surface area contributed by atoms with Gasteiger partial charge in [0.15, 0.2) is 0 Å². The maximum Gasteiger partial charge on any atom is 0.0172 e. The highest BCUT2D eigenvalue weighted by Gasteiger charge is 2.32. The van der Waals surface area contributed by atoms with Gasteiger partial charge in [0.2, 0.25) is 0 Å². The van der Waals surface area contributed by atoms with Crippen molar-refractivity contribution in [2.45, 2.75) is 70.6 Å². The fourth-order valence-electron chi connectivity index (χ4n) is 4.29. The molecule has 0 spiro atoms. The third kappa shape index (κ3) is 5.44. The summed E-state index contributed by atoms with van der Waals surface area (Å²) in [6.07, 6.45) is 8.47. The summed E-state index contributed by atoms with van der Waals surface area (Å²) in [5.74, 6) is 3.22. The van der Waals surface area contributed by atoms with Crippen LogP contribution in [0, 0.1) is 11.8 Å². The topological polar surface area (TPSA) is 15.3 Å². The van der Waals surface area contributed by atoms with E-state index in [0.29, 0.717) is 0 Å². The summed E-state index contributed by atoms with van der Waals surface area (Å²) in [5, 5.41) is 4.66. The van der Waals surface area contributed by atoms with Crippen LogP contribution >= 0.6 is 11.8 Å². The minimum absolute atomic E-state index is 0.776. The first-order valence-electron chi connectivity index (χ1n) is 9.34. The second-order valence-corrected chi connectivity index (χ2v) is 8.46. The van der Waals surface area contributed by atoms with Crippen molar-refractivity contribution < 1.29 is 0 Å². The highest BCUT2D eigenvalue weighted by atomic mass is 32.2. The molecule has 0 aromatic rings. The molecular formula is C18H36N2S. The average molecular weight is 313 g/mol. The van der Waals surface area contributed by atoms with Gasteiger partial charge in [0.05, 0.1) is 0 Å². The Morgan fingerprint density at radius 1 is 1.19 bits per heavy atom. The minimum Gasteiger partial charge on any atom is -0.314 e. The SMILES string of the molecule is CCCC1CCC(NCC)C(CN2CCSC(CC)C2)C1. The van der Waals surface area contributed by atoms with E-state index >= 15 is 0 Å². The number of thioether (sulfide) groups is 1. The molecule has 0 amide bonds. The molecule has 4 atom stereocenters. The molecule has 1 saturated carbocycles. The van der Waals surface area contributed by atoms with Gasteiger partial charge in [0.25, 0.3) is 0 Å². The molecule has 124 valence electrons. The molecule has 2 fully saturated rings. The van der Waals surface area contributed by atoms with Crippen LogP contribution < -0.4 is 5.32 Å². The van der Waals surface area contributed by atoms with Crippen LogP contribution in [0.3, 0.4) is 0 Å². The van der Waals surface area contributed by atoms with Gasteiger partial charge in [0.1, 0.15) is 0 Å². The predicted molar refractivity (Wildman–Crippen MR) is 96.2 cm³/mol. The molecule has 0 bridgehead atoms. The zero-order chi connectivity index (χ0) is 15.1. The first-order chi connectivity index (χ1) is 10.3. The third-order valence-electron chi connectivity index (χ3n) is 5.43. The highest BCUT2D eigenvalue weighted by Crippen LogP contribution is 2.33. The number of nitrogens with one attached hydrogen (secondary N) is 1. The molecule has 2 nitrogen and oxygen atoms in total. The first-order valence-corrected chi connectivity index (χ1v) is 10.4. The third-order valence-corrected chi connectivity index (χ3v) is 6.80. The zero-order valence-corrected chi connectivity index (χ0v) is 15.3. The smallest absolute Gasteiger partial charge is 0.0172 e. The number of hydrogen-bond donors (Lipinski definition) is 1. The van der Waals surface area contributed by atoms with Crippen molar-refractivity contribution >= 4 is 11.8 Å². The zero-order valence-electron chi connectivity index (χ0n) is 14.4. The Balaban J connectivity index is 1.88. The quantitative estimate of drug-likeness (QED) is 0.764. The lowest BCUT2D eigenvalue weighted by Gasteiger charge is -2.41. The van der Waals surface area contributed by atoms with Crippen molar-refractivity contribution in [3.63, 3.8) is 0 Å². The van der Waals surface area contributed by atoms with Crippen LogP contribution in [0.15, 0.2) is 0 Å². The van der Waals surface area contributed by atoms with Gasteiger partial charge >= 0.3 is 0 Å². The number of nitrogens with zero attached hydrogens (tertiary/aromatic N) is 1. The van der Waals surface area contributed by atoms with E-state index in [1.807, 2.05) is 0 Å². The van der Waals surface area contributed by atoms with Gasteiger partial charge in [-0.05, 0) is 44.1 Å².